The van der Waals surface area contributed by atoms with Crippen molar-refractivity contribution in [3.05, 3.63) is 64.7 Å². The van der Waals surface area contributed by atoms with E-state index in [-0.39, 0.29) is 12.6 Å². The molecule has 5 heteroatoms. The van der Waals surface area contributed by atoms with E-state index < -0.39 is 0 Å². The van der Waals surface area contributed by atoms with Gasteiger partial charge in [0.05, 0.1) is 15.8 Å². The molecule has 1 aliphatic rings. The van der Waals surface area contributed by atoms with Gasteiger partial charge in [0.2, 0.25) is 0 Å². The number of hydrogen-bond donors (Lipinski definition) is 0. The average Bonchev–Trinajstić information content (AvgIpc) is 3.29. The van der Waals surface area contributed by atoms with E-state index in [2.05, 4.69) is 9.88 Å². The van der Waals surface area contributed by atoms with E-state index in [1.807, 2.05) is 48.5 Å². The van der Waals surface area contributed by atoms with Crippen LogP contribution in [0.15, 0.2) is 48.5 Å². The second kappa shape index (κ2) is 7.33. The molecule has 2 heterocycles. The summed E-state index contributed by atoms with van der Waals surface area (Å²) in [7, 11) is 0. The topological polar surface area (TPSA) is 42.4 Å². The summed E-state index contributed by atoms with van der Waals surface area (Å²) >= 11 is 1.56. The highest BCUT2D eigenvalue weighted by Gasteiger charge is 2.13. The number of aromatic nitrogens is 1. The predicted octanol–water partition coefficient (Wildman–Crippen LogP) is 4.25. The second-order valence-corrected chi connectivity index (χ2v) is 7.45. The minimum atomic E-state index is -0.299. The SMILES string of the molecule is O=C(OCc1nc2ccccc2s1)c1ccc(CN2CCCC2)cc1. The van der Waals surface area contributed by atoms with Gasteiger partial charge in [0, 0.05) is 6.54 Å². The maximum atomic E-state index is 12.2. The van der Waals surface area contributed by atoms with Crippen molar-refractivity contribution in [1.29, 1.82) is 0 Å². The van der Waals surface area contributed by atoms with Crippen LogP contribution in [0.4, 0.5) is 0 Å². The lowest BCUT2D eigenvalue weighted by Crippen LogP contribution is -2.18. The smallest absolute Gasteiger partial charge is 0.338 e. The normalized spacial score (nSPS) is 14.9. The van der Waals surface area contributed by atoms with E-state index in [0.29, 0.717) is 5.56 Å². The number of nitrogens with zero attached hydrogens (tertiary/aromatic N) is 2. The van der Waals surface area contributed by atoms with Crippen LogP contribution in [0.3, 0.4) is 0 Å². The maximum absolute atomic E-state index is 12.2. The summed E-state index contributed by atoms with van der Waals surface area (Å²) in [4.78, 5) is 19.2. The third-order valence-corrected chi connectivity index (χ3v) is 5.47. The minimum absolute atomic E-state index is 0.216. The third kappa shape index (κ3) is 3.89. The fraction of sp³-hybridized carbons (Fsp3) is 0.300. The molecule has 0 bridgehead atoms. The lowest BCUT2D eigenvalue weighted by Gasteiger charge is -2.14. The van der Waals surface area contributed by atoms with E-state index >= 15 is 0 Å². The number of thiazole rings is 1. The van der Waals surface area contributed by atoms with E-state index in [1.54, 1.807) is 11.3 Å². The van der Waals surface area contributed by atoms with Gasteiger partial charge in [-0.1, -0.05) is 24.3 Å². The van der Waals surface area contributed by atoms with Crippen LogP contribution >= 0.6 is 11.3 Å². The molecule has 128 valence electrons. The van der Waals surface area contributed by atoms with Gasteiger partial charge in [-0.05, 0) is 55.8 Å². The summed E-state index contributed by atoms with van der Waals surface area (Å²) in [6, 6.07) is 15.7. The standard InChI is InChI=1S/C20H20N2O2S/c23-20(24-14-19-21-17-5-1-2-6-18(17)25-19)16-9-7-15(8-10-16)13-22-11-3-4-12-22/h1-2,5-10H,3-4,11-14H2. The molecule has 0 N–H and O–H groups in total. The Kier molecular flexibility index (Phi) is 4.76. The van der Waals surface area contributed by atoms with Gasteiger partial charge in [-0.25, -0.2) is 9.78 Å². The van der Waals surface area contributed by atoms with Gasteiger partial charge < -0.3 is 4.74 Å². The first-order valence-corrected chi connectivity index (χ1v) is 9.42. The number of fused-ring (bicyclic) bond motifs is 1. The number of ether oxygens (including phenoxy) is 1. The highest BCUT2D eigenvalue weighted by molar-refractivity contribution is 7.18. The van der Waals surface area contributed by atoms with Gasteiger partial charge in [0.15, 0.2) is 0 Å². The Bertz CT molecular complexity index is 834. The lowest BCUT2D eigenvalue weighted by atomic mass is 10.1. The molecule has 4 rings (SSSR count). The zero-order chi connectivity index (χ0) is 17.1. The molecule has 1 aliphatic heterocycles. The van der Waals surface area contributed by atoms with Crippen LogP contribution in [0.2, 0.25) is 0 Å². The Morgan fingerprint density at radius 2 is 1.84 bits per heavy atom. The second-order valence-electron chi connectivity index (χ2n) is 6.33. The number of benzene rings is 2. The van der Waals surface area contributed by atoms with E-state index in [0.717, 1.165) is 21.8 Å². The molecule has 0 unspecified atom stereocenters. The first-order chi connectivity index (χ1) is 12.3. The fourth-order valence-electron chi connectivity index (χ4n) is 3.14. The van der Waals surface area contributed by atoms with Crippen molar-refractivity contribution in [3.63, 3.8) is 0 Å². The molecule has 1 saturated heterocycles. The van der Waals surface area contributed by atoms with Crippen molar-refractivity contribution in [3.8, 4) is 0 Å². The fourth-order valence-corrected chi connectivity index (χ4v) is 4.02. The zero-order valence-electron chi connectivity index (χ0n) is 14.0. The first-order valence-electron chi connectivity index (χ1n) is 8.61. The number of esters is 1. The van der Waals surface area contributed by atoms with Gasteiger partial charge in [-0.2, -0.15) is 0 Å². The molecule has 4 nitrogen and oxygen atoms in total. The van der Waals surface area contributed by atoms with Crippen molar-refractivity contribution in [2.45, 2.75) is 26.0 Å². The van der Waals surface area contributed by atoms with Gasteiger partial charge in [0.1, 0.15) is 11.6 Å². The molecule has 2 aromatic carbocycles. The molecule has 0 aliphatic carbocycles. The minimum Gasteiger partial charge on any atom is -0.455 e. The largest absolute Gasteiger partial charge is 0.455 e. The van der Waals surface area contributed by atoms with Crippen molar-refractivity contribution in [1.82, 2.24) is 9.88 Å². The number of hydrogen-bond acceptors (Lipinski definition) is 5. The number of carbonyl (C=O) groups is 1. The highest BCUT2D eigenvalue weighted by atomic mass is 32.1. The monoisotopic (exact) mass is 352 g/mol. The van der Waals surface area contributed by atoms with Crippen LogP contribution in [0.25, 0.3) is 10.2 Å². The van der Waals surface area contributed by atoms with Crippen LogP contribution in [0, 0.1) is 0 Å². The average molecular weight is 352 g/mol. The Balaban J connectivity index is 1.35. The summed E-state index contributed by atoms with van der Waals surface area (Å²) < 4.78 is 6.53. The van der Waals surface area contributed by atoms with Crippen LogP contribution < -0.4 is 0 Å². The number of para-hydroxylation sites is 1. The Labute approximate surface area is 151 Å². The van der Waals surface area contributed by atoms with Crippen molar-refractivity contribution >= 4 is 27.5 Å². The summed E-state index contributed by atoms with van der Waals surface area (Å²) in [5.41, 5.74) is 2.78. The van der Waals surface area contributed by atoms with Crippen LogP contribution in [-0.2, 0) is 17.9 Å². The number of rotatable bonds is 5. The Hall–Kier alpha value is -2.24. The van der Waals surface area contributed by atoms with Gasteiger partial charge in [-0.15, -0.1) is 11.3 Å². The van der Waals surface area contributed by atoms with E-state index in [1.165, 1.54) is 31.5 Å². The molecular weight excluding hydrogens is 332 g/mol. The van der Waals surface area contributed by atoms with Crippen molar-refractivity contribution < 1.29 is 9.53 Å². The van der Waals surface area contributed by atoms with Crippen LogP contribution in [-0.4, -0.2) is 28.9 Å². The zero-order valence-corrected chi connectivity index (χ0v) is 14.8. The number of likely N-dealkylation sites (tertiary alicyclic amines) is 1. The molecule has 0 saturated carbocycles. The van der Waals surface area contributed by atoms with Gasteiger partial charge in [-0.3, -0.25) is 4.90 Å². The highest BCUT2D eigenvalue weighted by Crippen LogP contribution is 2.22. The molecule has 3 aromatic rings. The Morgan fingerprint density at radius 1 is 1.08 bits per heavy atom. The molecule has 0 spiro atoms. The molecule has 1 fully saturated rings. The number of carbonyl (C=O) groups excluding carboxylic acids is 1. The van der Waals surface area contributed by atoms with E-state index in [9.17, 15) is 4.79 Å². The maximum Gasteiger partial charge on any atom is 0.338 e. The molecule has 0 atom stereocenters. The summed E-state index contributed by atoms with van der Waals surface area (Å²) in [5.74, 6) is -0.299. The van der Waals surface area contributed by atoms with E-state index in [4.69, 9.17) is 4.74 Å². The lowest BCUT2D eigenvalue weighted by molar-refractivity contribution is 0.0472. The van der Waals surface area contributed by atoms with Gasteiger partial charge >= 0.3 is 5.97 Å². The van der Waals surface area contributed by atoms with Crippen LogP contribution in [0.1, 0.15) is 33.8 Å². The molecule has 1 aromatic heterocycles. The van der Waals surface area contributed by atoms with Crippen molar-refractivity contribution in [2.24, 2.45) is 0 Å². The quantitative estimate of drug-likeness (QED) is 0.644. The summed E-state index contributed by atoms with van der Waals surface area (Å²) in [6.07, 6.45) is 2.58. The van der Waals surface area contributed by atoms with Crippen LogP contribution in [0.5, 0.6) is 0 Å². The first kappa shape index (κ1) is 16.2. The van der Waals surface area contributed by atoms with Gasteiger partial charge in [0.25, 0.3) is 0 Å². The molecule has 0 radical (unpaired) electrons. The summed E-state index contributed by atoms with van der Waals surface area (Å²) in [6.45, 7) is 3.52. The Morgan fingerprint density at radius 3 is 2.60 bits per heavy atom. The summed E-state index contributed by atoms with van der Waals surface area (Å²) in [5, 5.41) is 0.820. The molecular formula is C20H20N2O2S. The predicted molar refractivity (Wildman–Crippen MR) is 99.7 cm³/mol. The van der Waals surface area contributed by atoms with Crippen molar-refractivity contribution in [2.75, 3.05) is 13.1 Å². The third-order valence-electron chi connectivity index (χ3n) is 4.46. The molecule has 0 amide bonds. The molecule has 25 heavy (non-hydrogen) atoms.